The van der Waals surface area contributed by atoms with Crippen LogP contribution in [-0.4, -0.2) is 30.5 Å². The van der Waals surface area contributed by atoms with Gasteiger partial charge < -0.3 is 15.6 Å². The van der Waals surface area contributed by atoms with Gasteiger partial charge in [-0.15, -0.1) is 0 Å². The Morgan fingerprint density at radius 1 is 1.50 bits per heavy atom. The van der Waals surface area contributed by atoms with Gasteiger partial charge in [-0.05, 0) is 31.7 Å². The van der Waals surface area contributed by atoms with Gasteiger partial charge in [-0.25, -0.2) is 0 Å². The second-order valence-corrected chi connectivity index (χ2v) is 3.56. The summed E-state index contributed by atoms with van der Waals surface area (Å²) in [6.07, 6.45) is 2.43. The Bertz CT molecular complexity index is 128. The van der Waals surface area contributed by atoms with Crippen LogP contribution < -0.4 is 5.73 Å². The van der Waals surface area contributed by atoms with Crippen LogP contribution in [0.25, 0.3) is 0 Å². The highest BCUT2D eigenvalue weighted by molar-refractivity contribution is 4.88. The van der Waals surface area contributed by atoms with Crippen molar-refractivity contribution in [1.29, 1.82) is 0 Å². The summed E-state index contributed by atoms with van der Waals surface area (Å²) in [5.74, 6) is 0.237. The highest BCUT2D eigenvalue weighted by atomic mass is 16.5. The number of rotatable bonds is 3. The van der Waals surface area contributed by atoms with Crippen molar-refractivity contribution in [3.8, 4) is 0 Å². The van der Waals surface area contributed by atoms with Crippen molar-refractivity contribution in [3.05, 3.63) is 0 Å². The maximum Gasteiger partial charge on any atom is 0.0731 e. The first-order chi connectivity index (χ1) is 5.73. The molecule has 1 atom stereocenters. The fraction of sp³-hybridized carbons (Fsp3) is 1.00. The number of hydrogen-bond donors (Lipinski definition) is 2. The molecule has 0 amide bonds. The van der Waals surface area contributed by atoms with Gasteiger partial charge in [0.1, 0.15) is 0 Å². The second-order valence-electron chi connectivity index (χ2n) is 3.56. The maximum absolute atomic E-state index is 10.2. The van der Waals surface area contributed by atoms with E-state index in [-0.39, 0.29) is 5.92 Å². The predicted octanol–water partition coefficient (Wildman–Crippen LogP) is 0.513. The van der Waals surface area contributed by atoms with E-state index in [1.807, 2.05) is 0 Å². The van der Waals surface area contributed by atoms with Crippen LogP contribution >= 0.6 is 0 Å². The van der Waals surface area contributed by atoms with Gasteiger partial charge in [0.05, 0.1) is 5.60 Å². The molecule has 3 heteroatoms. The van der Waals surface area contributed by atoms with Crippen molar-refractivity contribution in [2.24, 2.45) is 11.7 Å². The molecule has 0 aromatic rings. The fourth-order valence-corrected chi connectivity index (χ4v) is 1.90. The van der Waals surface area contributed by atoms with Crippen molar-refractivity contribution in [2.45, 2.75) is 31.8 Å². The third-order valence-electron chi connectivity index (χ3n) is 2.90. The second kappa shape index (κ2) is 4.21. The zero-order valence-corrected chi connectivity index (χ0v) is 7.75. The minimum Gasteiger partial charge on any atom is -0.389 e. The average Bonchev–Trinajstić information content (AvgIpc) is 2.07. The smallest absolute Gasteiger partial charge is 0.0731 e. The molecule has 1 saturated heterocycles. The van der Waals surface area contributed by atoms with Gasteiger partial charge in [-0.1, -0.05) is 6.92 Å². The Morgan fingerprint density at radius 3 is 2.50 bits per heavy atom. The lowest BCUT2D eigenvalue weighted by Gasteiger charge is -2.38. The third-order valence-corrected chi connectivity index (χ3v) is 2.90. The molecule has 3 N–H and O–H groups in total. The third kappa shape index (κ3) is 1.97. The monoisotopic (exact) mass is 173 g/mol. The topological polar surface area (TPSA) is 55.5 Å². The summed E-state index contributed by atoms with van der Waals surface area (Å²) >= 11 is 0. The standard InChI is InChI=1S/C9H19NO2/c1-2-8(7-10)9(11)3-5-12-6-4-9/h8,11H,2-7,10H2,1H3. The maximum atomic E-state index is 10.2. The van der Waals surface area contributed by atoms with Crippen LogP contribution in [0.4, 0.5) is 0 Å². The zero-order valence-electron chi connectivity index (χ0n) is 7.75. The van der Waals surface area contributed by atoms with E-state index in [9.17, 15) is 5.11 Å². The molecule has 1 unspecified atom stereocenters. The van der Waals surface area contributed by atoms with Gasteiger partial charge in [0.25, 0.3) is 0 Å². The Kier molecular flexibility index (Phi) is 3.50. The number of nitrogens with two attached hydrogens (primary N) is 1. The molecular weight excluding hydrogens is 154 g/mol. The van der Waals surface area contributed by atoms with Crippen LogP contribution in [0.1, 0.15) is 26.2 Å². The largest absolute Gasteiger partial charge is 0.389 e. The summed E-state index contributed by atoms with van der Waals surface area (Å²) in [4.78, 5) is 0. The van der Waals surface area contributed by atoms with Crippen LogP contribution in [0.3, 0.4) is 0 Å². The highest BCUT2D eigenvalue weighted by Crippen LogP contribution is 2.30. The molecule has 0 radical (unpaired) electrons. The van der Waals surface area contributed by atoms with E-state index < -0.39 is 5.60 Å². The van der Waals surface area contributed by atoms with Crippen LogP contribution in [-0.2, 0) is 4.74 Å². The van der Waals surface area contributed by atoms with Gasteiger partial charge in [0.2, 0.25) is 0 Å². The minimum atomic E-state index is -0.554. The summed E-state index contributed by atoms with van der Waals surface area (Å²) < 4.78 is 5.20. The van der Waals surface area contributed by atoms with E-state index in [4.69, 9.17) is 10.5 Å². The summed E-state index contributed by atoms with van der Waals surface area (Å²) in [7, 11) is 0. The Morgan fingerprint density at radius 2 is 2.08 bits per heavy atom. The Hall–Kier alpha value is -0.120. The molecule has 0 spiro atoms. The molecule has 0 aromatic heterocycles. The predicted molar refractivity (Wildman–Crippen MR) is 47.8 cm³/mol. The van der Waals surface area contributed by atoms with Crippen LogP contribution in [0, 0.1) is 5.92 Å². The molecule has 0 aromatic carbocycles. The molecule has 1 aliphatic rings. The summed E-state index contributed by atoms with van der Waals surface area (Å²) in [6, 6.07) is 0. The molecule has 0 bridgehead atoms. The van der Waals surface area contributed by atoms with Crippen molar-refractivity contribution in [1.82, 2.24) is 0 Å². The first-order valence-electron chi connectivity index (χ1n) is 4.73. The quantitative estimate of drug-likeness (QED) is 0.654. The van der Waals surface area contributed by atoms with Gasteiger partial charge in [0, 0.05) is 13.2 Å². The summed E-state index contributed by atoms with van der Waals surface area (Å²) in [5.41, 5.74) is 5.04. The highest BCUT2D eigenvalue weighted by Gasteiger charge is 2.36. The Labute approximate surface area is 73.9 Å². The van der Waals surface area contributed by atoms with E-state index in [1.54, 1.807) is 0 Å². The molecule has 12 heavy (non-hydrogen) atoms. The van der Waals surface area contributed by atoms with Gasteiger partial charge >= 0.3 is 0 Å². The van der Waals surface area contributed by atoms with Crippen molar-refractivity contribution >= 4 is 0 Å². The van der Waals surface area contributed by atoms with E-state index in [0.717, 1.165) is 19.3 Å². The molecule has 1 heterocycles. The molecule has 72 valence electrons. The Balaban J connectivity index is 2.53. The molecule has 0 aliphatic carbocycles. The number of aliphatic hydroxyl groups is 1. The fourth-order valence-electron chi connectivity index (χ4n) is 1.90. The first kappa shape index (κ1) is 9.96. The minimum absolute atomic E-state index is 0.237. The van der Waals surface area contributed by atoms with Gasteiger partial charge in [0.15, 0.2) is 0 Å². The van der Waals surface area contributed by atoms with Crippen LogP contribution in [0.5, 0.6) is 0 Å². The molecular formula is C9H19NO2. The van der Waals surface area contributed by atoms with Crippen LogP contribution in [0.2, 0.25) is 0 Å². The molecule has 1 fully saturated rings. The van der Waals surface area contributed by atoms with E-state index in [2.05, 4.69) is 6.92 Å². The lowest BCUT2D eigenvalue weighted by atomic mass is 9.79. The summed E-state index contributed by atoms with van der Waals surface area (Å²) in [5, 5.41) is 10.2. The number of ether oxygens (including phenoxy) is 1. The van der Waals surface area contributed by atoms with Crippen LogP contribution in [0.15, 0.2) is 0 Å². The lowest BCUT2D eigenvalue weighted by molar-refractivity contribution is -0.0977. The van der Waals surface area contributed by atoms with Crippen molar-refractivity contribution in [3.63, 3.8) is 0 Å². The van der Waals surface area contributed by atoms with E-state index in [0.29, 0.717) is 19.8 Å². The SMILES string of the molecule is CCC(CN)C1(O)CCOCC1. The van der Waals surface area contributed by atoms with Gasteiger partial charge in [-0.3, -0.25) is 0 Å². The molecule has 1 aliphatic heterocycles. The van der Waals surface area contributed by atoms with Crippen molar-refractivity contribution < 1.29 is 9.84 Å². The average molecular weight is 173 g/mol. The molecule has 1 rings (SSSR count). The summed E-state index contributed by atoms with van der Waals surface area (Å²) in [6.45, 7) is 4.00. The van der Waals surface area contributed by atoms with Crippen molar-refractivity contribution in [2.75, 3.05) is 19.8 Å². The zero-order chi connectivity index (χ0) is 9.03. The van der Waals surface area contributed by atoms with E-state index >= 15 is 0 Å². The van der Waals surface area contributed by atoms with Gasteiger partial charge in [-0.2, -0.15) is 0 Å². The number of hydrogen-bond acceptors (Lipinski definition) is 3. The molecule has 0 saturated carbocycles. The molecule has 3 nitrogen and oxygen atoms in total. The normalized spacial score (nSPS) is 25.2. The lowest BCUT2D eigenvalue weighted by Crippen LogP contribution is -2.45. The first-order valence-corrected chi connectivity index (χ1v) is 4.73. The van der Waals surface area contributed by atoms with E-state index in [1.165, 1.54) is 0 Å².